The summed E-state index contributed by atoms with van der Waals surface area (Å²) in [6.45, 7) is 1.61. The molecular formula is C20H21ClFN3O2. The Morgan fingerprint density at radius 2 is 1.67 bits per heavy atom. The molecule has 1 aliphatic heterocycles. The van der Waals surface area contributed by atoms with Crippen LogP contribution in [0.2, 0.25) is 5.02 Å². The van der Waals surface area contributed by atoms with Crippen molar-refractivity contribution < 1.29 is 14.0 Å². The smallest absolute Gasteiger partial charge is 0.253 e. The van der Waals surface area contributed by atoms with Gasteiger partial charge in [0.15, 0.2) is 0 Å². The van der Waals surface area contributed by atoms with Crippen LogP contribution in [0.25, 0.3) is 0 Å². The van der Waals surface area contributed by atoms with Gasteiger partial charge in [-0.3, -0.25) is 9.59 Å². The number of amides is 2. The van der Waals surface area contributed by atoms with Crippen LogP contribution in [0.4, 0.5) is 15.8 Å². The molecule has 0 bridgehead atoms. The minimum absolute atomic E-state index is 0.00521. The molecule has 0 unspecified atom stereocenters. The standard InChI is InChI=1S/C20H21ClFN3O2/c21-17-12-16(8-9-18(17)22)23-13-19(26)24-15-6-4-14(5-7-15)20(27)25-10-2-1-3-11-25/h4-9,12,23H,1-3,10-11,13H2,(H,24,26). The fraction of sp³-hybridized carbons (Fsp3) is 0.300. The molecule has 2 aromatic rings. The van der Waals surface area contributed by atoms with Crippen LogP contribution in [0, 0.1) is 5.82 Å². The van der Waals surface area contributed by atoms with Crippen molar-refractivity contribution in [3.8, 4) is 0 Å². The van der Waals surface area contributed by atoms with Crippen molar-refractivity contribution in [1.29, 1.82) is 0 Å². The van der Waals surface area contributed by atoms with Crippen LogP contribution < -0.4 is 10.6 Å². The third-order valence-electron chi connectivity index (χ3n) is 4.43. The zero-order valence-electron chi connectivity index (χ0n) is 14.8. The first-order chi connectivity index (χ1) is 13.0. The second kappa shape index (κ2) is 8.86. The van der Waals surface area contributed by atoms with Gasteiger partial charge >= 0.3 is 0 Å². The molecule has 2 aromatic carbocycles. The van der Waals surface area contributed by atoms with E-state index in [0.717, 1.165) is 25.9 Å². The molecule has 142 valence electrons. The SMILES string of the molecule is O=C(CNc1ccc(F)c(Cl)c1)Nc1ccc(C(=O)N2CCCCC2)cc1. The van der Waals surface area contributed by atoms with Gasteiger partial charge in [0.25, 0.3) is 5.91 Å². The molecule has 5 nitrogen and oxygen atoms in total. The van der Waals surface area contributed by atoms with Gasteiger partial charge in [0.1, 0.15) is 5.82 Å². The van der Waals surface area contributed by atoms with Crippen LogP contribution in [0.1, 0.15) is 29.6 Å². The number of carbonyl (C=O) groups is 2. The Labute approximate surface area is 162 Å². The maximum absolute atomic E-state index is 13.1. The molecular weight excluding hydrogens is 369 g/mol. The highest BCUT2D eigenvalue weighted by molar-refractivity contribution is 6.31. The average Bonchev–Trinajstić information content (AvgIpc) is 2.69. The van der Waals surface area contributed by atoms with Crippen molar-refractivity contribution in [2.45, 2.75) is 19.3 Å². The summed E-state index contributed by atoms with van der Waals surface area (Å²) in [4.78, 5) is 26.4. The fourth-order valence-corrected chi connectivity index (χ4v) is 3.15. The molecule has 1 fully saturated rings. The molecule has 1 aliphatic rings. The predicted molar refractivity (Wildman–Crippen MR) is 105 cm³/mol. The van der Waals surface area contributed by atoms with E-state index in [2.05, 4.69) is 10.6 Å². The summed E-state index contributed by atoms with van der Waals surface area (Å²) in [5.41, 5.74) is 1.78. The van der Waals surface area contributed by atoms with E-state index in [9.17, 15) is 14.0 Å². The number of halogens is 2. The average molecular weight is 390 g/mol. The summed E-state index contributed by atoms with van der Waals surface area (Å²) in [7, 11) is 0. The number of benzene rings is 2. The number of hydrogen-bond donors (Lipinski definition) is 2. The number of likely N-dealkylation sites (tertiary alicyclic amines) is 1. The minimum Gasteiger partial charge on any atom is -0.376 e. The number of nitrogens with one attached hydrogen (secondary N) is 2. The summed E-state index contributed by atoms with van der Waals surface area (Å²) in [6, 6.07) is 11.0. The lowest BCUT2D eigenvalue weighted by Gasteiger charge is -2.26. The number of hydrogen-bond acceptors (Lipinski definition) is 3. The topological polar surface area (TPSA) is 61.4 Å². The van der Waals surface area contributed by atoms with Crippen LogP contribution in [-0.4, -0.2) is 36.3 Å². The Morgan fingerprint density at radius 3 is 2.33 bits per heavy atom. The second-order valence-corrected chi connectivity index (χ2v) is 6.87. The van der Waals surface area contributed by atoms with E-state index in [4.69, 9.17) is 11.6 Å². The van der Waals surface area contributed by atoms with Gasteiger partial charge in [0, 0.05) is 30.0 Å². The molecule has 0 radical (unpaired) electrons. The quantitative estimate of drug-likeness (QED) is 0.807. The molecule has 0 saturated carbocycles. The van der Waals surface area contributed by atoms with E-state index in [1.165, 1.54) is 24.6 Å². The van der Waals surface area contributed by atoms with Gasteiger partial charge in [0.2, 0.25) is 5.91 Å². The van der Waals surface area contributed by atoms with Crippen LogP contribution in [0.15, 0.2) is 42.5 Å². The Kier molecular flexibility index (Phi) is 6.29. The molecule has 3 rings (SSSR count). The minimum atomic E-state index is -0.508. The van der Waals surface area contributed by atoms with Crippen LogP contribution in [0.5, 0.6) is 0 Å². The Bertz CT molecular complexity index is 820. The zero-order chi connectivity index (χ0) is 19.2. The van der Waals surface area contributed by atoms with Crippen molar-refractivity contribution in [3.05, 3.63) is 58.9 Å². The fourth-order valence-electron chi connectivity index (χ4n) is 2.97. The number of anilines is 2. The molecule has 0 spiro atoms. The van der Waals surface area contributed by atoms with E-state index in [-0.39, 0.29) is 23.4 Å². The Balaban J connectivity index is 1.52. The van der Waals surface area contributed by atoms with Gasteiger partial charge in [-0.1, -0.05) is 11.6 Å². The summed E-state index contributed by atoms with van der Waals surface area (Å²) in [5.74, 6) is -0.737. The van der Waals surface area contributed by atoms with E-state index in [0.29, 0.717) is 16.9 Å². The zero-order valence-corrected chi connectivity index (χ0v) is 15.6. The summed E-state index contributed by atoms with van der Waals surface area (Å²) in [5, 5.41) is 5.63. The first-order valence-corrected chi connectivity index (χ1v) is 9.29. The second-order valence-electron chi connectivity index (χ2n) is 6.46. The van der Waals surface area contributed by atoms with Crippen molar-refractivity contribution in [2.75, 3.05) is 30.3 Å². The number of carbonyl (C=O) groups excluding carboxylic acids is 2. The first kappa shape index (κ1) is 19.2. The van der Waals surface area contributed by atoms with E-state index >= 15 is 0 Å². The maximum atomic E-state index is 13.1. The lowest BCUT2D eigenvalue weighted by molar-refractivity contribution is -0.114. The van der Waals surface area contributed by atoms with Gasteiger partial charge in [-0.25, -0.2) is 4.39 Å². The lowest BCUT2D eigenvalue weighted by Crippen LogP contribution is -2.35. The molecule has 1 saturated heterocycles. The van der Waals surface area contributed by atoms with Gasteiger partial charge in [-0.2, -0.15) is 0 Å². The van der Waals surface area contributed by atoms with Gasteiger partial charge in [-0.05, 0) is 61.7 Å². The van der Waals surface area contributed by atoms with Gasteiger partial charge in [0.05, 0.1) is 11.6 Å². The first-order valence-electron chi connectivity index (χ1n) is 8.91. The predicted octanol–water partition coefficient (Wildman–Crippen LogP) is 4.16. The molecule has 0 atom stereocenters. The van der Waals surface area contributed by atoms with Crippen molar-refractivity contribution in [3.63, 3.8) is 0 Å². The molecule has 0 aliphatic carbocycles. The van der Waals surface area contributed by atoms with Crippen LogP contribution >= 0.6 is 11.6 Å². The normalized spacial score (nSPS) is 13.9. The van der Waals surface area contributed by atoms with Crippen LogP contribution in [-0.2, 0) is 4.79 Å². The highest BCUT2D eigenvalue weighted by Gasteiger charge is 2.18. The summed E-state index contributed by atoms with van der Waals surface area (Å²) in [6.07, 6.45) is 3.27. The Morgan fingerprint density at radius 1 is 1.00 bits per heavy atom. The van der Waals surface area contributed by atoms with Crippen molar-refractivity contribution in [1.82, 2.24) is 4.90 Å². The molecule has 2 amide bonds. The number of rotatable bonds is 5. The highest BCUT2D eigenvalue weighted by atomic mass is 35.5. The third-order valence-corrected chi connectivity index (χ3v) is 4.72. The highest BCUT2D eigenvalue weighted by Crippen LogP contribution is 2.19. The van der Waals surface area contributed by atoms with E-state index in [1.807, 2.05) is 4.90 Å². The molecule has 1 heterocycles. The maximum Gasteiger partial charge on any atom is 0.253 e. The molecule has 0 aromatic heterocycles. The third kappa shape index (κ3) is 5.20. The lowest BCUT2D eigenvalue weighted by atomic mass is 10.1. The van der Waals surface area contributed by atoms with Gasteiger partial charge < -0.3 is 15.5 Å². The summed E-state index contributed by atoms with van der Waals surface area (Å²) >= 11 is 5.71. The monoisotopic (exact) mass is 389 g/mol. The van der Waals surface area contributed by atoms with Crippen molar-refractivity contribution >= 4 is 34.8 Å². The number of piperidine rings is 1. The van der Waals surface area contributed by atoms with E-state index < -0.39 is 5.82 Å². The van der Waals surface area contributed by atoms with Crippen molar-refractivity contribution in [2.24, 2.45) is 0 Å². The van der Waals surface area contributed by atoms with Gasteiger partial charge in [-0.15, -0.1) is 0 Å². The molecule has 27 heavy (non-hydrogen) atoms. The Hall–Kier alpha value is -2.60. The van der Waals surface area contributed by atoms with E-state index in [1.54, 1.807) is 24.3 Å². The van der Waals surface area contributed by atoms with Crippen LogP contribution in [0.3, 0.4) is 0 Å². The largest absolute Gasteiger partial charge is 0.376 e. The summed E-state index contributed by atoms with van der Waals surface area (Å²) < 4.78 is 13.1. The molecule has 7 heteroatoms. The number of nitrogens with zero attached hydrogens (tertiary/aromatic N) is 1. The molecule has 2 N–H and O–H groups in total.